The molecule has 156 valence electrons. The number of amides is 3. The number of urea groups is 1. The average molecular weight is 422 g/mol. The second-order valence-electron chi connectivity index (χ2n) is 6.04. The minimum Gasteiger partial charge on any atom is -0.351 e. The number of carbonyl (C=O) groups excluding carboxylic acids is 2. The highest BCUT2D eigenvalue weighted by molar-refractivity contribution is 5.93. The lowest BCUT2D eigenvalue weighted by Gasteiger charge is -2.11. The number of rotatable bonds is 5. The van der Waals surface area contributed by atoms with Crippen LogP contribution < -0.4 is 16.4 Å². The third-order valence-electron chi connectivity index (χ3n) is 3.88. The van der Waals surface area contributed by atoms with Crippen LogP contribution in [0.5, 0.6) is 0 Å². The van der Waals surface area contributed by atoms with Gasteiger partial charge in [-0.05, 0) is 35.9 Å². The molecule has 0 unspecified atom stereocenters. The fraction of sp³-hybridized carbons (Fsp3) is 0.111. The molecule has 2 aromatic carbocycles. The summed E-state index contributed by atoms with van der Waals surface area (Å²) in [6, 6.07) is 9.66. The number of benzene rings is 2. The molecule has 12 heteroatoms. The van der Waals surface area contributed by atoms with Crippen LogP contribution in [-0.4, -0.2) is 26.9 Å². The fourth-order valence-electron chi connectivity index (χ4n) is 2.59. The topological polar surface area (TPSA) is 115 Å². The van der Waals surface area contributed by atoms with Gasteiger partial charge in [0.25, 0.3) is 5.91 Å². The molecule has 0 radical (unpaired) electrons. The van der Waals surface area contributed by atoms with Crippen molar-refractivity contribution in [2.24, 2.45) is 5.73 Å². The number of nitrogens with one attached hydrogen (secondary N) is 2. The summed E-state index contributed by atoms with van der Waals surface area (Å²) >= 11 is 0. The van der Waals surface area contributed by atoms with Gasteiger partial charge in [-0.2, -0.15) is 13.2 Å². The Morgan fingerprint density at radius 2 is 1.80 bits per heavy atom. The van der Waals surface area contributed by atoms with Crippen LogP contribution in [0.2, 0.25) is 0 Å². The normalized spacial score (nSPS) is 11.2. The summed E-state index contributed by atoms with van der Waals surface area (Å²) < 4.78 is 54.5. The third kappa shape index (κ3) is 4.71. The quantitative estimate of drug-likeness (QED) is 0.549. The largest absolute Gasteiger partial charge is 0.435 e. The molecule has 0 aliphatic carbocycles. The highest BCUT2D eigenvalue weighted by Crippen LogP contribution is 2.32. The average Bonchev–Trinajstić information content (AvgIpc) is 3.12. The first-order valence-corrected chi connectivity index (χ1v) is 8.37. The lowest BCUT2D eigenvalue weighted by molar-refractivity contribution is -0.143. The Kier molecular flexibility index (Phi) is 5.67. The van der Waals surface area contributed by atoms with Crippen LogP contribution >= 0.6 is 0 Å². The Bertz CT molecular complexity index is 1080. The third-order valence-corrected chi connectivity index (χ3v) is 3.88. The number of aromatic nitrogens is 3. The van der Waals surface area contributed by atoms with Crippen LogP contribution in [0.15, 0.2) is 48.5 Å². The monoisotopic (exact) mass is 422 g/mol. The van der Waals surface area contributed by atoms with Crippen LogP contribution in [0.4, 0.5) is 28.0 Å². The molecule has 0 aliphatic heterocycles. The minimum atomic E-state index is -4.97. The molecule has 0 saturated heterocycles. The fourth-order valence-corrected chi connectivity index (χ4v) is 2.59. The Morgan fingerprint density at radius 3 is 2.40 bits per heavy atom. The highest BCUT2D eigenvalue weighted by Gasteiger charge is 2.42. The summed E-state index contributed by atoms with van der Waals surface area (Å²) in [6.45, 7) is -0.111. The molecule has 3 amide bonds. The number of carbonyl (C=O) groups is 2. The van der Waals surface area contributed by atoms with Gasteiger partial charge in [-0.25, -0.2) is 13.9 Å². The smallest absolute Gasteiger partial charge is 0.351 e. The van der Waals surface area contributed by atoms with E-state index in [4.69, 9.17) is 5.73 Å². The van der Waals surface area contributed by atoms with Crippen LogP contribution in [0.3, 0.4) is 0 Å². The van der Waals surface area contributed by atoms with Gasteiger partial charge in [0.05, 0.1) is 5.69 Å². The highest BCUT2D eigenvalue weighted by atomic mass is 19.4. The number of hydrogen-bond acceptors (Lipinski definition) is 4. The Labute approximate surface area is 166 Å². The van der Waals surface area contributed by atoms with Crippen molar-refractivity contribution >= 4 is 17.6 Å². The maximum atomic E-state index is 13.6. The zero-order valence-electron chi connectivity index (χ0n) is 15.1. The van der Waals surface area contributed by atoms with Crippen LogP contribution in [0.25, 0.3) is 5.69 Å². The maximum absolute atomic E-state index is 13.6. The molecule has 3 rings (SSSR count). The standard InChI is InChI=1S/C18H14F4N6O2/c19-11-2-1-3-13(8-11)28-15(18(20,21)22)14(26-27-28)16(29)24-9-10-4-6-12(7-5-10)25-17(23)30/h1-8H,9H2,(H,24,29)(H3,23,25,30). The van der Waals surface area contributed by atoms with Crippen molar-refractivity contribution in [3.05, 3.63) is 71.3 Å². The van der Waals surface area contributed by atoms with Gasteiger partial charge in [-0.3, -0.25) is 4.79 Å². The molecule has 0 saturated carbocycles. The first-order chi connectivity index (χ1) is 14.1. The minimum absolute atomic E-state index is 0.111. The summed E-state index contributed by atoms with van der Waals surface area (Å²) in [5.41, 5.74) is 3.35. The van der Waals surface area contributed by atoms with E-state index >= 15 is 0 Å². The SMILES string of the molecule is NC(=O)Nc1ccc(CNC(=O)c2nnn(-c3cccc(F)c3)c2C(F)(F)F)cc1. The van der Waals surface area contributed by atoms with E-state index < -0.39 is 35.3 Å². The van der Waals surface area contributed by atoms with E-state index in [-0.39, 0.29) is 12.2 Å². The van der Waals surface area contributed by atoms with E-state index in [0.717, 1.165) is 12.1 Å². The van der Waals surface area contributed by atoms with Gasteiger partial charge in [0.15, 0.2) is 11.4 Å². The van der Waals surface area contributed by atoms with E-state index in [1.807, 2.05) is 0 Å². The van der Waals surface area contributed by atoms with Gasteiger partial charge < -0.3 is 16.4 Å². The predicted octanol–water partition coefficient (Wildman–Crippen LogP) is 2.85. The van der Waals surface area contributed by atoms with Crippen molar-refractivity contribution in [1.82, 2.24) is 20.3 Å². The van der Waals surface area contributed by atoms with E-state index in [0.29, 0.717) is 15.9 Å². The number of hydrogen-bond donors (Lipinski definition) is 3. The first kappa shape index (κ1) is 20.8. The molecular formula is C18H14F4N6O2. The molecule has 0 aliphatic rings. The first-order valence-electron chi connectivity index (χ1n) is 8.37. The molecule has 0 fully saturated rings. The second kappa shape index (κ2) is 8.19. The molecule has 8 nitrogen and oxygen atoms in total. The number of nitrogens with zero attached hydrogens (tertiary/aromatic N) is 3. The number of primary amides is 1. The van der Waals surface area contributed by atoms with Gasteiger partial charge in [-0.1, -0.05) is 23.4 Å². The molecule has 4 N–H and O–H groups in total. The van der Waals surface area contributed by atoms with E-state index in [9.17, 15) is 27.2 Å². The van der Waals surface area contributed by atoms with Gasteiger partial charge in [0.1, 0.15) is 5.82 Å². The van der Waals surface area contributed by atoms with Crippen LogP contribution in [-0.2, 0) is 12.7 Å². The van der Waals surface area contributed by atoms with E-state index in [2.05, 4.69) is 20.9 Å². The van der Waals surface area contributed by atoms with Gasteiger partial charge in [-0.15, -0.1) is 5.10 Å². The van der Waals surface area contributed by atoms with Gasteiger partial charge >= 0.3 is 12.2 Å². The van der Waals surface area contributed by atoms with Crippen molar-refractivity contribution in [3.63, 3.8) is 0 Å². The second-order valence-corrected chi connectivity index (χ2v) is 6.04. The van der Waals surface area contributed by atoms with Crippen molar-refractivity contribution in [1.29, 1.82) is 0 Å². The maximum Gasteiger partial charge on any atom is 0.435 e. The zero-order chi connectivity index (χ0) is 21.9. The Hall–Kier alpha value is -3.96. The summed E-state index contributed by atoms with van der Waals surface area (Å²) in [7, 11) is 0. The summed E-state index contributed by atoms with van der Waals surface area (Å²) in [6.07, 6.45) is -4.97. The molecule has 1 aromatic heterocycles. The summed E-state index contributed by atoms with van der Waals surface area (Å²) in [5.74, 6) is -1.87. The number of halogens is 4. The van der Waals surface area contributed by atoms with Crippen LogP contribution in [0.1, 0.15) is 21.7 Å². The van der Waals surface area contributed by atoms with Crippen LogP contribution in [0, 0.1) is 5.82 Å². The molecule has 3 aromatic rings. The summed E-state index contributed by atoms with van der Waals surface area (Å²) in [5, 5.41) is 11.4. The lowest BCUT2D eigenvalue weighted by atomic mass is 10.2. The summed E-state index contributed by atoms with van der Waals surface area (Å²) in [4.78, 5) is 23.1. The molecule has 0 bridgehead atoms. The number of anilines is 1. The molecular weight excluding hydrogens is 408 g/mol. The molecule has 30 heavy (non-hydrogen) atoms. The van der Waals surface area contributed by atoms with Gasteiger partial charge in [0, 0.05) is 12.2 Å². The van der Waals surface area contributed by atoms with Gasteiger partial charge in [0.2, 0.25) is 0 Å². The van der Waals surface area contributed by atoms with Crippen molar-refractivity contribution in [2.75, 3.05) is 5.32 Å². The van der Waals surface area contributed by atoms with Crippen molar-refractivity contribution in [2.45, 2.75) is 12.7 Å². The lowest BCUT2D eigenvalue weighted by Crippen LogP contribution is -2.27. The van der Waals surface area contributed by atoms with E-state index in [1.165, 1.54) is 24.3 Å². The van der Waals surface area contributed by atoms with E-state index in [1.54, 1.807) is 12.1 Å². The van der Waals surface area contributed by atoms with Crippen molar-refractivity contribution < 1.29 is 27.2 Å². The Morgan fingerprint density at radius 1 is 1.10 bits per heavy atom. The molecule has 0 spiro atoms. The number of nitrogens with two attached hydrogens (primary N) is 1. The predicted molar refractivity (Wildman–Crippen MR) is 97.1 cm³/mol. The van der Waals surface area contributed by atoms with Crippen molar-refractivity contribution in [3.8, 4) is 5.69 Å². The zero-order valence-corrected chi connectivity index (χ0v) is 15.1. The number of alkyl halides is 3. The Balaban J connectivity index is 1.81. The molecule has 0 atom stereocenters. The molecule has 1 heterocycles.